The van der Waals surface area contributed by atoms with Gasteiger partial charge in [0.1, 0.15) is 5.75 Å². The summed E-state index contributed by atoms with van der Waals surface area (Å²) in [5.41, 5.74) is 0.376. The number of nitrogens with one attached hydrogen (secondary N) is 1. The fourth-order valence-electron chi connectivity index (χ4n) is 1.33. The second-order valence-electron chi connectivity index (χ2n) is 4.26. The minimum absolute atomic E-state index is 0.0399. The molecule has 1 aromatic carbocycles. The quantitative estimate of drug-likeness (QED) is 0.796. The zero-order chi connectivity index (χ0) is 14.5. The van der Waals surface area contributed by atoms with E-state index >= 15 is 0 Å². The number of anilines is 1. The number of sulfonamides is 1. The van der Waals surface area contributed by atoms with Crippen LogP contribution >= 0.6 is 0 Å². The molecule has 0 fully saturated rings. The van der Waals surface area contributed by atoms with Crippen molar-refractivity contribution in [3.8, 4) is 5.75 Å². The predicted octanol–water partition coefficient (Wildman–Crippen LogP) is 1.69. The van der Waals surface area contributed by atoms with Crippen LogP contribution in [0.1, 0.15) is 20.3 Å². The Bertz CT molecular complexity index is 522. The normalized spacial score (nSPS) is 11.3. The molecule has 6 nitrogen and oxygen atoms in total. The van der Waals surface area contributed by atoms with Gasteiger partial charge < -0.3 is 9.84 Å². The second kappa shape index (κ2) is 6.42. The van der Waals surface area contributed by atoms with Gasteiger partial charge in [0.2, 0.25) is 10.0 Å². The maximum atomic E-state index is 11.6. The smallest absolute Gasteiger partial charge is 0.304 e. The molecule has 0 bridgehead atoms. The molecule has 0 saturated heterocycles. The number of hydrogen-bond acceptors (Lipinski definition) is 4. The van der Waals surface area contributed by atoms with Crippen molar-refractivity contribution in [3.05, 3.63) is 24.3 Å². The van der Waals surface area contributed by atoms with Gasteiger partial charge in [-0.25, -0.2) is 8.42 Å². The first-order valence-electron chi connectivity index (χ1n) is 5.77. The summed E-state index contributed by atoms with van der Waals surface area (Å²) in [6.45, 7) is 3.78. The Balaban J connectivity index is 2.64. The Hall–Kier alpha value is -1.76. The first kappa shape index (κ1) is 15.3. The van der Waals surface area contributed by atoms with E-state index in [1.165, 1.54) is 0 Å². The predicted molar refractivity (Wildman–Crippen MR) is 71.9 cm³/mol. The highest BCUT2D eigenvalue weighted by Gasteiger charge is 2.12. The lowest BCUT2D eigenvalue weighted by molar-refractivity contribution is -0.136. The Morgan fingerprint density at radius 1 is 1.32 bits per heavy atom. The molecule has 1 aromatic rings. The molecule has 0 spiro atoms. The zero-order valence-electron chi connectivity index (χ0n) is 10.8. The van der Waals surface area contributed by atoms with Crippen LogP contribution in [0.2, 0.25) is 0 Å². The number of ether oxygens (including phenoxy) is 1. The van der Waals surface area contributed by atoms with E-state index in [4.69, 9.17) is 9.84 Å². The molecule has 7 heteroatoms. The van der Waals surface area contributed by atoms with E-state index in [1.54, 1.807) is 24.3 Å². The standard InChI is InChI=1S/C12H17NO5S/c1-9(2)18-11-5-3-10(4-6-11)13-19(16,17)8-7-12(14)15/h3-6,9,13H,7-8H2,1-2H3,(H,14,15). The summed E-state index contributed by atoms with van der Waals surface area (Å²) in [6, 6.07) is 6.43. The van der Waals surface area contributed by atoms with Crippen LogP contribution in [0.4, 0.5) is 5.69 Å². The Morgan fingerprint density at radius 3 is 2.37 bits per heavy atom. The maximum absolute atomic E-state index is 11.6. The van der Waals surface area contributed by atoms with Gasteiger partial charge >= 0.3 is 5.97 Å². The van der Waals surface area contributed by atoms with Crippen LogP contribution in [0.3, 0.4) is 0 Å². The van der Waals surface area contributed by atoms with E-state index in [0.717, 1.165) is 0 Å². The van der Waals surface area contributed by atoms with Crippen LogP contribution in [-0.2, 0) is 14.8 Å². The Morgan fingerprint density at radius 2 is 1.89 bits per heavy atom. The lowest BCUT2D eigenvalue weighted by atomic mass is 10.3. The van der Waals surface area contributed by atoms with Gasteiger partial charge in [-0.2, -0.15) is 0 Å². The van der Waals surface area contributed by atoms with Gasteiger partial charge in [0.25, 0.3) is 0 Å². The SMILES string of the molecule is CC(C)Oc1ccc(NS(=O)(=O)CCC(=O)O)cc1. The van der Waals surface area contributed by atoms with Crippen molar-refractivity contribution in [3.63, 3.8) is 0 Å². The van der Waals surface area contributed by atoms with E-state index in [9.17, 15) is 13.2 Å². The summed E-state index contributed by atoms with van der Waals surface area (Å²) in [5.74, 6) is -0.957. The van der Waals surface area contributed by atoms with Gasteiger partial charge in [-0.15, -0.1) is 0 Å². The third kappa shape index (κ3) is 6.10. The molecule has 106 valence electrons. The molecule has 0 aliphatic heterocycles. The van der Waals surface area contributed by atoms with E-state index < -0.39 is 28.2 Å². The first-order chi connectivity index (χ1) is 8.78. The molecule has 0 saturated carbocycles. The number of hydrogen-bond donors (Lipinski definition) is 2. The van der Waals surface area contributed by atoms with Crippen LogP contribution in [0, 0.1) is 0 Å². The molecule has 0 unspecified atom stereocenters. The van der Waals surface area contributed by atoms with Crippen molar-refractivity contribution < 1.29 is 23.1 Å². The van der Waals surface area contributed by atoms with E-state index in [0.29, 0.717) is 11.4 Å². The topological polar surface area (TPSA) is 92.7 Å². The van der Waals surface area contributed by atoms with Gasteiger partial charge in [0.15, 0.2) is 0 Å². The Labute approximate surface area is 112 Å². The molecular formula is C12H17NO5S. The van der Waals surface area contributed by atoms with Crippen molar-refractivity contribution in [1.82, 2.24) is 0 Å². The Kier molecular flexibility index (Phi) is 5.17. The number of rotatable bonds is 7. The molecule has 0 atom stereocenters. The highest BCUT2D eigenvalue weighted by atomic mass is 32.2. The van der Waals surface area contributed by atoms with E-state index in [2.05, 4.69) is 4.72 Å². The van der Waals surface area contributed by atoms with Crippen molar-refractivity contribution in [2.75, 3.05) is 10.5 Å². The van der Waals surface area contributed by atoms with Crippen LogP contribution in [-0.4, -0.2) is 31.4 Å². The summed E-state index contributed by atoms with van der Waals surface area (Å²) in [7, 11) is -3.64. The first-order valence-corrected chi connectivity index (χ1v) is 7.43. The van der Waals surface area contributed by atoms with E-state index in [-0.39, 0.29) is 6.10 Å². The zero-order valence-corrected chi connectivity index (χ0v) is 11.6. The van der Waals surface area contributed by atoms with Crippen LogP contribution in [0.25, 0.3) is 0 Å². The third-order valence-corrected chi connectivity index (χ3v) is 3.37. The van der Waals surface area contributed by atoms with Crippen LogP contribution in [0.5, 0.6) is 5.75 Å². The van der Waals surface area contributed by atoms with Crippen molar-refractivity contribution in [2.45, 2.75) is 26.4 Å². The summed E-state index contributed by atoms with van der Waals surface area (Å²) in [6.07, 6.45) is -0.387. The van der Waals surface area contributed by atoms with Crippen molar-refractivity contribution in [2.24, 2.45) is 0 Å². The van der Waals surface area contributed by atoms with Gasteiger partial charge in [0.05, 0.1) is 18.3 Å². The molecular weight excluding hydrogens is 270 g/mol. The number of carboxylic acids is 1. The van der Waals surface area contributed by atoms with Crippen molar-refractivity contribution >= 4 is 21.7 Å². The number of carbonyl (C=O) groups is 1. The summed E-state index contributed by atoms with van der Waals surface area (Å²) < 4.78 is 30.9. The largest absolute Gasteiger partial charge is 0.491 e. The molecule has 0 aromatic heterocycles. The molecule has 0 aliphatic rings. The molecule has 2 N–H and O–H groups in total. The molecule has 0 amide bonds. The fraction of sp³-hybridized carbons (Fsp3) is 0.417. The molecule has 0 aliphatic carbocycles. The lowest BCUT2D eigenvalue weighted by Crippen LogP contribution is -2.18. The summed E-state index contributed by atoms with van der Waals surface area (Å²) >= 11 is 0. The number of aliphatic carboxylic acids is 1. The number of benzene rings is 1. The summed E-state index contributed by atoms with van der Waals surface area (Å²) in [4.78, 5) is 10.3. The van der Waals surface area contributed by atoms with Crippen molar-refractivity contribution in [1.29, 1.82) is 0 Å². The minimum atomic E-state index is -3.64. The monoisotopic (exact) mass is 287 g/mol. The van der Waals surface area contributed by atoms with Crippen LogP contribution in [0.15, 0.2) is 24.3 Å². The average molecular weight is 287 g/mol. The van der Waals surface area contributed by atoms with Gasteiger partial charge in [-0.05, 0) is 38.1 Å². The average Bonchev–Trinajstić information content (AvgIpc) is 2.28. The van der Waals surface area contributed by atoms with Gasteiger partial charge in [0, 0.05) is 5.69 Å². The maximum Gasteiger partial charge on any atom is 0.304 e. The second-order valence-corrected chi connectivity index (χ2v) is 6.10. The molecule has 0 radical (unpaired) electrons. The molecule has 0 heterocycles. The van der Waals surface area contributed by atoms with Crippen LogP contribution < -0.4 is 9.46 Å². The molecule has 1 rings (SSSR count). The van der Waals surface area contributed by atoms with E-state index in [1.807, 2.05) is 13.8 Å². The highest BCUT2D eigenvalue weighted by molar-refractivity contribution is 7.92. The summed E-state index contributed by atoms with van der Waals surface area (Å²) in [5, 5.41) is 8.45. The minimum Gasteiger partial charge on any atom is -0.491 e. The fourth-order valence-corrected chi connectivity index (χ4v) is 2.37. The van der Waals surface area contributed by atoms with Gasteiger partial charge in [-0.1, -0.05) is 0 Å². The third-order valence-electron chi connectivity index (χ3n) is 2.08. The number of carboxylic acid groups (broad SMARTS) is 1. The lowest BCUT2D eigenvalue weighted by Gasteiger charge is -2.11. The molecule has 19 heavy (non-hydrogen) atoms. The highest BCUT2D eigenvalue weighted by Crippen LogP contribution is 2.17. The van der Waals surface area contributed by atoms with Gasteiger partial charge in [-0.3, -0.25) is 9.52 Å².